The molecule has 1 heterocycles. The van der Waals surface area contributed by atoms with E-state index in [1.165, 1.54) is 17.0 Å². The lowest BCUT2D eigenvalue weighted by atomic mass is 10.1. The SMILES string of the molecule is CN(C(=O)c1ccc2ncccc2c1)c1ccc(S(C)(=O)=O)cc1. The standard InChI is InChI=1S/C18H16N2O3S/c1-20(15-6-8-16(9-7-15)24(2,22)23)18(21)14-5-10-17-13(12-14)4-3-11-19-17/h3-12H,1-2H3. The summed E-state index contributed by atoms with van der Waals surface area (Å²) in [5.41, 5.74) is 2.00. The van der Waals surface area contributed by atoms with Gasteiger partial charge in [-0.2, -0.15) is 0 Å². The van der Waals surface area contributed by atoms with Crippen molar-refractivity contribution >= 4 is 32.3 Å². The number of pyridine rings is 1. The largest absolute Gasteiger partial charge is 0.311 e. The van der Waals surface area contributed by atoms with E-state index >= 15 is 0 Å². The van der Waals surface area contributed by atoms with Gasteiger partial charge >= 0.3 is 0 Å². The number of carbonyl (C=O) groups excluding carboxylic acids is 1. The average molecular weight is 340 g/mol. The summed E-state index contributed by atoms with van der Waals surface area (Å²) in [4.78, 5) is 18.6. The first-order valence-electron chi connectivity index (χ1n) is 7.29. The van der Waals surface area contributed by atoms with Gasteiger partial charge < -0.3 is 4.90 Å². The number of sulfone groups is 1. The van der Waals surface area contributed by atoms with Crippen LogP contribution in [-0.2, 0) is 9.84 Å². The smallest absolute Gasteiger partial charge is 0.258 e. The minimum atomic E-state index is -3.25. The van der Waals surface area contributed by atoms with Gasteiger partial charge in [0.2, 0.25) is 0 Å². The van der Waals surface area contributed by atoms with Gasteiger partial charge in [0, 0.05) is 36.1 Å². The molecule has 6 heteroatoms. The minimum Gasteiger partial charge on any atom is -0.311 e. The van der Waals surface area contributed by atoms with E-state index in [-0.39, 0.29) is 10.8 Å². The maximum absolute atomic E-state index is 12.7. The fourth-order valence-corrected chi connectivity index (χ4v) is 3.07. The summed E-state index contributed by atoms with van der Waals surface area (Å²) in [6.07, 6.45) is 2.86. The predicted octanol–water partition coefficient (Wildman–Crippen LogP) is 2.91. The quantitative estimate of drug-likeness (QED) is 0.735. The third kappa shape index (κ3) is 3.14. The lowest BCUT2D eigenvalue weighted by Crippen LogP contribution is -2.26. The van der Waals surface area contributed by atoms with Gasteiger partial charge in [0.1, 0.15) is 0 Å². The summed E-state index contributed by atoms with van der Waals surface area (Å²) in [6.45, 7) is 0. The van der Waals surface area contributed by atoms with Gasteiger partial charge in [-0.05, 0) is 48.5 Å². The molecule has 3 rings (SSSR count). The first kappa shape index (κ1) is 16.1. The molecule has 0 aliphatic heterocycles. The predicted molar refractivity (Wildman–Crippen MR) is 94.0 cm³/mol. The highest BCUT2D eigenvalue weighted by Crippen LogP contribution is 2.20. The molecule has 5 nitrogen and oxygen atoms in total. The zero-order valence-electron chi connectivity index (χ0n) is 13.3. The Balaban J connectivity index is 1.90. The maximum Gasteiger partial charge on any atom is 0.258 e. The Morgan fingerprint density at radius 2 is 1.75 bits per heavy atom. The second-order valence-corrected chi connectivity index (χ2v) is 7.56. The third-order valence-corrected chi connectivity index (χ3v) is 4.94. The Labute approximate surface area is 140 Å². The monoisotopic (exact) mass is 340 g/mol. The van der Waals surface area contributed by atoms with Crippen LogP contribution in [0.5, 0.6) is 0 Å². The zero-order chi connectivity index (χ0) is 17.3. The molecule has 0 saturated heterocycles. The molecule has 1 amide bonds. The number of amides is 1. The lowest BCUT2D eigenvalue weighted by Gasteiger charge is -2.18. The van der Waals surface area contributed by atoms with Crippen LogP contribution in [0.2, 0.25) is 0 Å². The number of nitrogens with zero attached hydrogens (tertiary/aromatic N) is 2. The number of hydrogen-bond acceptors (Lipinski definition) is 4. The van der Waals surface area contributed by atoms with Crippen LogP contribution >= 0.6 is 0 Å². The van der Waals surface area contributed by atoms with Crippen molar-refractivity contribution in [2.45, 2.75) is 4.90 Å². The first-order valence-corrected chi connectivity index (χ1v) is 9.18. The molecule has 24 heavy (non-hydrogen) atoms. The Kier molecular flexibility index (Phi) is 4.07. The van der Waals surface area contributed by atoms with Crippen molar-refractivity contribution in [1.82, 2.24) is 4.98 Å². The topological polar surface area (TPSA) is 67.3 Å². The Morgan fingerprint density at radius 3 is 2.42 bits per heavy atom. The third-order valence-electron chi connectivity index (χ3n) is 3.81. The van der Waals surface area contributed by atoms with Crippen LogP contribution in [0.3, 0.4) is 0 Å². The molecule has 3 aromatic rings. The van der Waals surface area contributed by atoms with Crippen LogP contribution in [-0.4, -0.2) is 32.6 Å². The molecule has 0 saturated carbocycles. The molecule has 0 N–H and O–H groups in total. The molecule has 0 aliphatic carbocycles. The van der Waals surface area contributed by atoms with E-state index < -0.39 is 9.84 Å². The van der Waals surface area contributed by atoms with Gasteiger partial charge in [0.15, 0.2) is 9.84 Å². The Bertz CT molecular complexity index is 1010. The van der Waals surface area contributed by atoms with Gasteiger partial charge in [0.25, 0.3) is 5.91 Å². The average Bonchev–Trinajstić information content (AvgIpc) is 2.59. The lowest BCUT2D eigenvalue weighted by molar-refractivity contribution is 0.0993. The van der Waals surface area contributed by atoms with Crippen molar-refractivity contribution in [3.05, 3.63) is 66.4 Å². The number of fused-ring (bicyclic) bond motifs is 1. The molecule has 0 spiro atoms. The normalized spacial score (nSPS) is 11.4. The second kappa shape index (κ2) is 6.05. The van der Waals surface area contributed by atoms with Gasteiger partial charge in [-0.1, -0.05) is 6.07 Å². The van der Waals surface area contributed by atoms with Gasteiger partial charge in [-0.25, -0.2) is 8.42 Å². The van der Waals surface area contributed by atoms with Crippen molar-refractivity contribution in [3.63, 3.8) is 0 Å². The van der Waals surface area contributed by atoms with Gasteiger partial charge in [0.05, 0.1) is 10.4 Å². The molecule has 0 radical (unpaired) electrons. The Hall–Kier alpha value is -2.73. The fourth-order valence-electron chi connectivity index (χ4n) is 2.44. The van der Waals surface area contributed by atoms with Gasteiger partial charge in [-0.15, -0.1) is 0 Å². The molecule has 0 unspecified atom stereocenters. The van der Waals surface area contributed by atoms with E-state index in [1.54, 1.807) is 37.5 Å². The van der Waals surface area contributed by atoms with Crippen LogP contribution < -0.4 is 4.90 Å². The summed E-state index contributed by atoms with van der Waals surface area (Å²) in [7, 11) is -1.59. The number of carbonyl (C=O) groups is 1. The Morgan fingerprint density at radius 1 is 1.04 bits per heavy atom. The first-order chi connectivity index (χ1) is 11.4. The van der Waals surface area contributed by atoms with E-state index in [0.29, 0.717) is 11.3 Å². The van der Waals surface area contributed by atoms with E-state index in [9.17, 15) is 13.2 Å². The molecule has 0 fully saturated rings. The molecule has 0 aliphatic rings. The van der Waals surface area contributed by atoms with E-state index in [1.807, 2.05) is 18.2 Å². The van der Waals surface area contributed by atoms with E-state index in [2.05, 4.69) is 4.98 Å². The highest BCUT2D eigenvalue weighted by Gasteiger charge is 2.15. The zero-order valence-corrected chi connectivity index (χ0v) is 14.1. The van der Waals surface area contributed by atoms with Crippen LogP contribution in [0.25, 0.3) is 10.9 Å². The van der Waals surface area contributed by atoms with Crippen molar-refractivity contribution in [2.24, 2.45) is 0 Å². The molecule has 0 atom stereocenters. The summed E-state index contributed by atoms with van der Waals surface area (Å²) in [5.74, 6) is -0.173. The molecule has 2 aromatic carbocycles. The summed E-state index contributed by atoms with van der Waals surface area (Å²) in [5, 5.41) is 0.893. The van der Waals surface area contributed by atoms with Crippen molar-refractivity contribution in [3.8, 4) is 0 Å². The van der Waals surface area contributed by atoms with Crippen LogP contribution in [0.15, 0.2) is 65.7 Å². The molecule has 122 valence electrons. The molecular weight excluding hydrogens is 324 g/mol. The van der Waals surface area contributed by atoms with Crippen molar-refractivity contribution in [2.75, 3.05) is 18.2 Å². The van der Waals surface area contributed by atoms with Gasteiger partial charge in [-0.3, -0.25) is 9.78 Å². The van der Waals surface area contributed by atoms with Crippen molar-refractivity contribution in [1.29, 1.82) is 0 Å². The van der Waals surface area contributed by atoms with Crippen LogP contribution in [0, 0.1) is 0 Å². The summed E-state index contributed by atoms with van der Waals surface area (Å²) >= 11 is 0. The summed E-state index contributed by atoms with van der Waals surface area (Å²) < 4.78 is 23.0. The highest BCUT2D eigenvalue weighted by molar-refractivity contribution is 7.90. The molecule has 0 bridgehead atoms. The van der Waals surface area contributed by atoms with E-state index in [0.717, 1.165) is 17.2 Å². The van der Waals surface area contributed by atoms with E-state index in [4.69, 9.17) is 0 Å². The van der Waals surface area contributed by atoms with Crippen LogP contribution in [0.4, 0.5) is 5.69 Å². The number of aromatic nitrogens is 1. The number of rotatable bonds is 3. The minimum absolute atomic E-state index is 0.173. The number of hydrogen-bond donors (Lipinski definition) is 0. The summed E-state index contributed by atoms with van der Waals surface area (Å²) in [6, 6.07) is 15.3. The number of anilines is 1. The van der Waals surface area contributed by atoms with Crippen LogP contribution in [0.1, 0.15) is 10.4 Å². The molecule has 1 aromatic heterocycles. The van der Waals surface area contributed by atoms with Crippen molar-refractivity contribution < 1.29 is 13.2 Å². The highest BCUT2D eigenvalue weighted by atomic mass is 32.2. The number of benzene rings is 2. The maximum atomic E-state index is 12.7. The second-order valence-electron chi connectivity index (χ2n) is 5.54. The molecular formula is C18H16N2O3S. The fraction of sp³-hybridized carbons (Fsp3) is 0.111.